The van der Waals surface area contributed by atoms with E-state index in [0.29, 0.717) is 5.69 Å². The molecule has 23 heavy (non-hydrogen) atoms. The van der Waals surface area contributed by atoms with Crippen LogP contribution in [0.15, 0.2) is 79.0 Å². The predicted molar refractivity (Wildman–Crippen MR) is 95.6 cm³/mol. The average Bonchev–Trinajstić information content (AvgIpc) is 3.13. The molecule has 0 amide bonds. The highest BCUT2D eigenvalue weighted by Gasteiger charge is 2.06. The number of aromatic nitrogens is 1. The zero-order valence-electron chi connectivity index (χ0n) is 12.5. The van der Waals surface area contributed by atoms with E-state index >= 15 is 0 Å². The zero-order valence-corrected chi connectivity index (χ0v) is 12.5. The summed E-state index contributed by atoms with van der Waals surface area (Å²) in [5.41, 5.74) is 1.68. The molecule has 0 aliphatic carbocycles. The summed E-state index contributed by atoms with van der Waals surface area (Å²) in [5.74, 6) is -0.0213. The lowest BCUT2D eigenvalue weighted by molar-refractivity contribution is 0.104. The first-order valence-corrected chi connectivity index (χ1v) is 7.59. The second kappa shape index (κ2) is 5.58. The Morgan fingerprint density at radius 2 is 1.48 bits per heavy atom. The average molecular weight is 297 g/mol. The van der Waals surface area contributed by atoms with Crippen molar-refractivity contribution < 1.29 is 4.79 Å². The van der Waals surface area contributed by atoms with Crippen molar-refractivity contribution in [2.45, 2.75) is 0 Å². The minimum absolute atomic E-state index is 0.0213. The highest BCUT2D eigenvalue weighted by Crippen LogP contribution is 2.29. The molecule has 0 saturated heterocycles. The maximum atomic E-state index is 12.2. The molecule has 0 unspecified atom stereocenters. The van der Waals surface area contributed by atoms with Crippen molar-refractivity contribution >= 4 is 33.4 Å². The van der Waals surface area contributed by atoms with Gasteiger partial charge in [-0.15, -0.1) is 0 Å². The molecule has 0 spiro atoms. The van der Waals surface area contributed by atoms with Crippen LogP contribution in [0.2, 0.25) is 0 Å². The lowest BCUT2D eigenvalue weighted by Gasteiger charge is -2.08. The van der Waals surface area contributed by atoms with Gasteiger partial charge in [0.2, 0.25) is 5.78 Å². The monoisotopic (exact) mass is 297 g/mol. The molecule has 1 aromatic heterocycles. The topological polar surface area (TPSA) is 32.9 Å². The molecule has 0 aliphatic heterocycles. The number of carbonyl (C=O) groups is 1. The van der Waals surface area contributed by atoms with Gasteiger partial charge in [0.15, 0.2) is 0 Å². The Morgan fingerprint density at radius 1 is 0.826 bits per heavy atom. The van der Waals surface area contributed by atoms with Gasteiger partial charge >= 0.3 is 0 Å². The number of rotatable bonds is 3. The number of benzene rings is 3. The molecular weight excluding hydrogens is 282 g/mol. The van der Waals surface area contributed by atoms with Crippen molar-refractivity contribution in [1.29, 1.82) is 0 Å². The largest absolute Gasteiger partial charge is 0.359 e. The maximum Gasteiger partial charge on any atom is 0.201 e. The summed E-state index contributed by atoms with van der Waals surface area (Å²) in [4.78, 5) is 15.2. The van der Waals surface area contributed by atoms with Crippen molar-refractivity contribution in [2.24, 2.45) is 0 Å². The molecule has 0 aliphatic rings. The number of nitrogens with one attached hydrogen (secondary N) is 1. The van der Waals surface area contributed by atoms with Gasteiger partial charge in [-0.2, -0.15) is 0 Å². The number of hydrogen-bond donors (Lipinski definition) is 1. The Balaban J connectivity index is 1.91. The quantitative estimate of drug-likeness (QED) is 0.314. The van der Waals surface area contributed by atoms with Crippen molar-refractivity contribution in [3.05, 3.63) is 90.3 Å². The highest BCUT2D eigenvalue weighted by molar-refractivity contribution is 6.11. The second-order valence-electron chi connectivity index (χ2n) is 5.51. The number of hydrogen-bond acceptors (Lipinski definition) is 1. The normalized spacial score (nSPS) is 11.5. The number of ketones is 1. The van der Waals surface area contributed by atoms with Gasteiger partial charge < -0.3 is 4.98 Å². The summed E-state index contributed by atoms with van der Waals surface area (Å²) in [5, 5.41) is 4.67. The first kappa shape index (κ1) is 13.5. The summed E-state index contributed by atoms with van der Waals surface area (Å²) in [6.45, 7) is 0. The van der Waals surface area contributed by atoms with Gasteiger partial charge in [-0.1, -0.05) is 48.5 Å². The van der Waals surface area contributed by atoms with E-state index in [0.717, 1.165) is 16.3 Å². The minimum Gasteiger partial charge on any atom is -0.359 e. The van der Waals surface area contributed by atoms with Crippen molar-refractivity contribution in [3.8, 4) is 0 Å². The third kappa shape index (κ3) is 2.44. The van der Waals surface area contributed by atoms with Crippen molar-refractivity contribution in [3.63, 3.8) is 0 Å². The van der Waals surface area contributed by atoms with Crippen LogP contribution in [0.3, 0.4) is 0 Å². The first-order valence-electron chi connectivity index (χ1n) is 7.59. The summed E-state index contributed by atoms with van der Waals surface area (Å²) in [6, 6.07) is 22.3. The van der Waals surface area contributed by atoms with Crippen LogP contribution in [-0.2, 0) is 0 Å². The van der Waals surface area contributed by atoms with Crippen molar-refractivity contribution in [2.75, 3.05) is 0 Å². The SMILES string of the molecule is O=C(/C=C/c1c2ccccc2cc2ccccc12)c1ccc[nH]1. The van der Waals surface area contributed by atoms with Crippen LogP contribution in [0.5, 0.6) is 0 Å². The molecule has 110 valence electrons. The molecule has 2 nitrogen and oxygen atoms in total. The summed E-state index contributed by atoms with van der Waals surface area (Å²) in [6.07, 6.45) is 5.32. The minimum atomic E-state index is -0.0213. The Kier molecular flexibility index (Phi) is 3.28. The third-order valence-corrected chi connectivity index (χ3v) is 4.08. The van der Waals surface area contributed by atoms with Gasteiger partial charge in [0.25, 0.3) is 0 Å². The van der Waals surface area contributed by atoms with E-state index in [1.807, 2.05) is 36.4 Å². The number of H-pyrrole nitrogens is 1. The zero-order chi connectivity index (χ0) is 15.6. The van der Waals surface area contributed by atoms with E-state index in [2.05, 4.69) is 35.3 Å². The van der Waals surface area contributed by atoms with Crippen LogP contribution < -0.4 is 0 Å². The summed E-state index contributed by atoms with van der Waals surface area (Å²) >= 11 is 0. The maximum absolute atomic E-state index is 12.2. The van der Waals surface area contributed by atoms with E-state index < -0.39 is 0 Å². The molecular formula is C21H15NO. The van der Waals surface area contributed by atoms with Crippen LogP contribution in [-0.4, -0.2) is 10.8 Å². The van der Waals surface area contributed by atoms with Crippen LogP contribution in [0.4, 0.5) is 0 Å². The van der Waals surface area contributed by atoms with E-state index in [-0.39, 0.29) is 5.78 Å². The Bertz CT molecular complexity index is 972. The Labute approximate surface area is 134 Å². The van der Waals surface area contributed by atoms with E-state index in [1.165, 1.54) is 10.8 Å². The number of fused-ring (bicyclic) bond motifs is 2. The fraction of sp³-hybridized carbons (Fsp3) is 0. The molecule has 0 fully saturated rings. The standard InChI is InChI=1S/C21H15NO/c23-21(20-10-5-13-22-20)12-11-19-17-8-3-1-6-15(17)14-16-7-2-4-9-18(16)19/h1-14,22H/b12-11+. The summed E-state index contributed by atoms with van der Waals surface area (Å²) in [7, 11) is 0. The third-order valence-electron chi connectivity index (χ3n) is 4.08. The Morgan fingerprint density at radius 3 is 2.09 bits per heavy atom. The number of carbonyl (C=O) groups excluding carboxylic acids is 1. The summed E-state index contributed by atoms with van der Waals surface area (Å²) < 4.78 is 0. The second-order valence-corrected chi connectivity index (χ2v) is 5.51. The molecule has 1 N–H and O–H groups in total. The molecule has 4 aromatic rings. The molecule has 2 heteroatoms. The molecule has 0 bridgehead atoms. The van der Waals surface area contributed by atoms with Gasteiger partial charge in [0, 0.05) is 6.20 Å². The van der Waals surface area contributed by atoms with E-state index in [4.69, 9.17) is 0 Å². The highest BCUT2D eigenvalue weighted by atomic mass is 16.1. The lowest BCUT2D eigenvalue weighted by atomic mass is 9.96. The number of aromatic amines is 1. The fourth-order valence-electron chi connectivity index (χ4n) is 2.96. The molecule has 0 radical (unpaired) electrons. The van der Waals surface area contributed by atoms with Crippen LogP contribution in [0.25, 0.3) is 27.6 Å². The van der Waals surface area contributed by atoms with E-state index in [9.17, 15) is 4.79 Å². The van der Waals surface area contributed by atoms with Gasteiger partial charge in [0.1, 0.15) is 0 Å². The predicted octanol–water partition coefficient (Wildman–Crippen LogP) is 5.22. The van der Waals surface area contributed by atoms with E-state index in [1.54, 1.807) is 18.3 Å². The number of allylic oxidation sites excluding steroid dienone is 1. The van der Waals surface area contributed by atoms with Crippen molar-refractivity contribution in [1.82, 2.24) is 4.98 Å². The first-order chi connectivity index (χ1) is 11.3. The molecule has 4 rings (SSSR count). The van der Waals surface area contributed by atoms with Crippen LogP contribution in [0, 0.1) is 0 Å². The van der Waals surface area contributed by atoms with Crippen LogP contribution in [0.1, 0.15) is 16.1 Å². The molecule has 1 heterocycles. The smallest absolute Gasteiger partial charge is 0.201 e. The van der Waals surface area contributed by atoms with Gasteiger partial charge in [-0.25, -0.2) is 0 Å². The van der Waals surface area contributed by atoms with Gasteiger partial charge in [-0.3, -0.25) is 4.79 Å². The van der Waals surface area contributed by atoms with Crippen LogP contribution >= 0.6 is 0 Å². The molecule has 0 atom stereocenters. The molecule has 3 aromatic carbocycles. The fourth-order valence-corrected chi connectivity index (χ4v) is 2.96. The van der Waals surface area contributed by atoms with Gasteiger partial charge in [-0.05, 0) is 57.5 Å². The van der Waals surface area contributed by atoms with Gasteiger partial charge in [0.05, 0.1) is 5.69 Å². The lowest BCUT2D eigenvalue weighted by Crippen LogP contribution is -1.93. The molecule has 0 saturated carbocycles. The Hall–Kier alpha value is -3.13.